The van der Waals surface area contributed by atoms with E-state index >= 15 is 0 Å². The third kappa shape index (κ3) is 2.68. The van der Waals surface area contributed by atoms with Crippen LogP contribution in [0.3, 0.4) is 0 Å². The Morgan fingerprint density at radius 3 is 1.57 bits per heavy atom. The van der Waals surface area contributed by atoms with Crippen LogP contribution in [0, 0.1) is 0 Å². The van der Waals surface area contributed by atoms with Crippen LogP contribution in [-0.4, -0.2) is 22.3 Å². The Morgan fingerprint density at radius 1 is 0.929 bits per heavy atom. The van der Waals surface area contributed by atoms with Crippen LogP contribution in [0.15, 0.2) is 0 Å². The Morgan fingerprint density at radius 2 is 1.29 bits per heavy atom. The van der Waals surface area contributed by atoms with Gasteiger partial charge in [-0.25, -0.2) is 0 Å². The van der Waals surface area contributed by atoms with Crippen LogP contribution >= 0.6 is 11.6 Å². The fourth-order valence-corrected chi connectivity index (χ4v) is 2.28. The second-order valence-electron chi connectivity index (χ2n) is 5.78. The normalized spacial score (nSPS) is 25.5. The predicted molar refractivity (Wildman–Crippen MR) is 63.4 cm³/mol. The Hall–Kier alpha value is 0.335. The van der Waals surface area contributed by atoms with Gasteiger partial charge in [0.05, 0.1) is 11.2 Å². The van der Waals surface area contributed by atoms with Gasteiger partial charge >= 0.3 is 6.40 Å². The van der Waals surface area contributed by atoms with Gasteiger partial charge in [0.2, 0.25) is 0 Å². The molecule has 1 aliphatic rings. The van der Waals surface area contributed by atoms with Crippen LogP contribution in [0.25, 0.3) is 0 Å². The topological polar surface area (TPSA) is 18.5 Å². The van der Waals surface area contributed by atoms with Crippen molar-refractivity contribution in [1.82, 2.24) is 0 Å². The van der Waals surface area contributed by atoms with Crippen molar-refractivity contribution in [1.29, 1.82) is 0 Å². The molecule has 1 rings (SSSR count). The Bertz CT molecular complexity index is 205. The van der Waals surface area contributed by atoms with Gasteiger partial charge in [0, 0.05) is 4.75 Å². The summed E-state index contributed by atoms with van der Waals surface area (Å²) in [6.07, 6.45) is -0.139. The van der Waals surface area contributed by atoms with E-state index in [1.807, 2.05) is 0 Å². The molecule has 0 N–H and O–H groups in total. The molecule has 0 unspecified atom stereocenters. The van der Waals surface area contributed by atoms with E-state index in [4.69, 9.17) is 9.31 Å². The molecule has 0 atom stereocenters. The third-order valence-electron chi connectivity index (χ3n) is 2.68. The van der Waals surface area contributed by atoms with Crippen LogP contribution in [0.4, 0.5) is 0 Å². The molecule has 14 heavy (non-hydrogen) atoms. The minimum absolute atomic E-state index is 0.139. The van der Waals surface area contributed by atoms with Gasteiger partial charge in [-0.15, -0.1) is 11.6 Å². The second-order valence-corrected chi connectivity index (χ2v) is 7.62. The zero-order chi connectivity index (χ0) is 11.2. The Labute approximate surface area is 92.2 Å². The summed E-state index contributed by atoms with van der Waals surface area (Å²) in [5.41, 5.74) is -0.425. The van der Waals surface area contributed by atoms with Gasteiger partial charge in [-0.1, -0.05) is 20.8 Å². The van der Waals surface area contributed by atoms with E-state index in [1.54, 1.807) is 11.6 Å². The fraction of sp³-hybridized carbons (Fsp3) is 1.00. The van der Waals surface area contributed by atoms with Gasteiger partial charge in [-0.2, -0.15) is 0 Å². The Kier molecular flexibility index (Phi) is 3.04. The predicted octanol–water partition coefficient (Wildman–Crippen LogP) is 3.11. The van der Waals surface area contributed by atoms with Crippen molar-refractivity contribution < 1.29 is 9.31 Å². The summed E-state index contributed by atoms with van der Waals surface area (Å²) >= 11 is 1.72. The van der Waals surface area contributed by atoms with E-state index in [2.05, 4.69) is 48.5 Å². The molecule has 0 aromatic rings. The van der Waals surface area contributed by atoms with Gasteiger partial charge in [-0.3, -0.25) is 0 Å². The quantitative estimate of drug-likeness (QED) is 0.627. The number of hydrogen-bond acceptors (Lipinski definition) is 3. The summed E-state index contributed by atoms with van der Waals surface area (Å²) in [7, 11) is 0. The average Bonchev–Trinajstić information content (AvgIpc) is 1.94. The van der Waals surface area contributed by atoms with E-state index in [1.165, 1.54) is 0 Å². The molecule has 4 heteroatoms. The lowest BCUT2D eigenvalue weighted by Gasteiger charge is -2.32. The average molecular weight is 216 g/mol. The first-order valence-corrected chi connectivity index (χ1v) is 5.95. The van der Waals surface area contributed by atoms with Crippen LogP contribution in [0.2, 0.25) is 0 Å². The van der Waals surface area contributed by atoms with Crippen LogP contribution in [0.1, 0.15) is 48.5 Å². The van der Waals surface area contributed by atoms with Gasteiger partial charge in [0.25, 0.3) is 0 Å². The van der Waals surface area contributed by atoms with E-state index in [9.17, 15) is 0 Å². The lowest BCUT2D eigenvalue weighted by Crippen LogP contribution is -2.41. The van der Waals surface area contributed by atoms with Gasteiger partial charge in [-0.05, 0) is 27.7 Å². The summed E-state index contributed by atoms with van der Waals surface area (Å²) in [5, 5.41) is 0. The van der Waals surface area contributed by atoms with Gasteiger partial charge < -0.3 is 9.31 Å². The van der Waals surface area contributed by atoms with Crippen molar-refractivity contribution >= 4 is 18.0 Å². The standard InChI is InChI=1S/C10H21BO2S/c1-8(2,3)14-11-12-9(4,5)10(6,7)13-11/h1-7H3. The van der Waals surface area contributed by atoms with Crippen molar-refractivity contribution in [3.8, 4) is 0 Å². The van der Waals surface area contributed by atoms with E-state index in [0.717, 1.165) is 0 Å². The molecule has 0 amide bonds. The molecule has 0 aromatic carbocycles. The maximum absolute atomic E-state index is 5.88. The highest BCUT2D eigenvalue weighted by Crippen LogP contribution is 2.42. The van der Waals surface area contributed by atoms with Crippen molar-refractivity contribution in [2.24, 2.45) is 0 Å². The van der Waals surface area contributed by atoms with E-state index in [-0.39, 0.29) is 22.3 Å². The summed E-state index contributed by atoms with van der Waals surface area (Å²) in [6, 6.07) is 0. The SMILES string of the molecule is CC(C)(C)SB1OC(C)(C)C(C)(C)O1. The van der Waals surface area contributed by atoms with Crippen molar-refractivity contribution in [3.63, 3.8) is 0 Å². The smallest absolute Gasteiger partial charge is 0.394 e. The molecule has 0 aromatic heterocycles. The van der Waals surface area contributed by atoms with Gasteiger partial charge in [0.15, 0.2) is 0 Å². The summed E-state index contributed by atoms with van der Waals surface area (Å²) in [6.45, 7) is 14.8. The first kappa shape index (κ1) is 12.4. The molecule has 2 nitrogen and oxygen atoms in total. The van der Waals surface area contributed by atoms with Crippen molar-refractivity contribution in [2.75, 3.05) is 0 Å². The van der Waals surface area contributed by atoms with Gasteiger partial charge in [0.1, 0.15) is 0 Å². The lowest BCUT2D eigenvalue weighted by molar-refractivity contribution is 0.00578. The maximum atomic E-state index is 5.88. The molecule has 1 aliphatic heterocycles. The molecular weight excluding hydrogens is 195 g/mol. The first-order chi connectivity index (χ1) is 6.04. The molecule has 1 heterocycles. The lowest BCUT2D eigenvalue weighted by atomic mass is 9.90. The fourth-order valence-electron chi connectivity index (χ4n) is 1.13. The van der Waals surface area contributed by atoms with E-state index in [0.29, 0.717) is 0 Å². The molecule has 1 saturated heterocycles. The monoisotopic (exact) mass is 216 g/mol. The second kappa shape index (κ2) is 3.43. The zero-order valence-corrected chi connectivity index (χ0v) is 11.1. The largest absolute Gasteiger partial charge is 0.532 e. The highest BCUT2D eigenvalue weighted by atomic mass is 32.2. The molecule has 0 saturated carbocycles. The number of hydrogen-bond donors (Lipinski definition) is 0. The number of rotatable bonds is 1. The molecule has 1 fully saturated rings. The van der Waals surface area contributed by atoms with E-state index < -0.39 is 0 Å². The Balaban J connectivity index is 2.65. The zero-order valence-electron chi connectivity index (χ0n) is 10.3. The highest BCUT2D eigenvalue weighted by molar-refractivity contribution is 8.25. The van der Waals surface area contributed by atoms with Crippen LogP contribution in [-0.2, 0) is 9.31 Å². The maximum Gasteiger partial charge on any atom is 0.532 e. The summed E-state index contributed by atoms with van der Waals surface area (Å²) < 4.78 is 11.9. The minimum Gasteiger partial charge on any atom is -0.394 e. The molecule has 0 spiro atoms. The van der Waals surface area contributed by atoms with Crippen LogP contribution < -0.4 is 0 Å². The summed E-state index contributed by atoms with van der Waals surface area (Å²) in [4.78, 5) is 0. The minimum atomic E-state index is -0.212. The molecule has 0 bridgehead atoms. The highest BCUT2D eigenvalue weighted by Gasteiger charge is 2.52. The van der Waals surface area contributed by atoms with Crippen molar-refractivity contribution in [2.45, 2.75) is 64.4 Å². The van der Waals surface area contributed by atoms with Crippen LogP contribution in [0.5, 0.6) is 0 Å². The summed E-state index contributed by atoms with van der Waals surface area (Å²) in [5.74, 6) is 0. The molecular formula is C10H21BO2S. The van der Waals surface area contributed by atoms with Crippen molar-refractivity contribution in [3.05, 3.63) is 0 Å². The molecule has 82 valence electrons. The molecule has 0 aliphatic carbocycles. The molecule has 0 radical (unpaired) electrons. The third-order valence-corrected chi connectivity index (χ3v) is 3.77. The first-order valence-electron chi connectivity index (χ1n) is 5.07.